The fourth-order valence-corrected chi connectivity index (χ4v) is 0.716. The van der Waals surface area contributed by atoms with Crippen molar-refractivity contribution in [1.29, 1.82) is 0 Å². The van der Waals surface area contributed by atoms with Crippen LogP contribution in [-0.4, -0.2) is 39.4 Å². The van der Waals surface area contributed by atoms with Crippen LogP contribution in [0.1, 0.15) is 12.8 Å². The molecule has 8 heteroatoms. The summed E-state index contributed by atoms with van der Waals surface area (Å²) in [5.74, 6) is -2.53. The summed E-state index contributed by atoms with van der Waals surface area (Å²) in [6, 6.07) is -2.43. The van der Waals surface area contributed by atoms with Gasteiger partial charge in [0.1, 0.15) is 6.04 Å². The van der Waals surface area contributed by atoms with Crippen molar-refractivity contribution in [2.24, 2.45) is 0 Å². The number of aliphatic carboxylic acids is 2. The molecule has 0 aliphatic carbocycles. The molecular formula is C6H10N2O6. The topological polar surface area (TPSA) is 136 Å². The molecule has 0 spiro atoms. The van der Waals surface area contributed by atoms with Gasteiger partial charge in [0.25, 0.3) is 0 Å². The number of hydroxylamine groups is 1. The van der Waals surface area contributed by atoms with E-state index in [9.17, 15) is 14.4 Å². The first-order valence-corrected chi connectivity index (χ1v) is 3.62. The number of carboxylic acids is 2. The molecule has 0 aromatic rings. The number of carbonyl (C=O) groups is 3. The highest BCUT2D eigenvalue weighted by atomic mass is 16.5. The molecule has 0 aliphatic heterocycles. The Morgan fingerprint density at radius 2 is 1.79 bits per heavy atom. The predicted molar refractivity (Wildman–Crippen MR) is 41.7 cm³/mol. The van der Waals surface area contributed by atoms with E-state index in [0.717, 1.165) is 0 Å². The molecule has 0 aromatic carbocycles. The van der Waals surface area contributed by atoms with Gasteiger partial charge in [0, 0.05) is 6.42 Å². The van der Waals surface area contributed by atoms with E-state index in [1.807, 2.05) is 5.32 Å². The summed E-state index contributed by atoms with van der Waals surface area (Å²) < 4.78 is 0. The van der Waals surface area contributed by atoms with Crippen LogP contribution in [0.4, 0.5) is 4.79 Å². The minimum absolute atomic E-state index is 0.252. The fourth-order valence-electron chi connectivity index (χ4n) is 0.716. The lowest BCUT2D eigenvalue weighted by Gasteiger charge is -2.11. The third-order valence-corrected chi connectivity index (χ3v) is 1.35. The minimum Gasteiger partial charge on any atom is -0.481 e. The summed E-state index contributed by atoms with van der Waals surface area (Å²) >= 11 is 0. The molecule has 0 rings (SSSR count). The van der Waals surface area contributed by atoms with Crippen LogP contribution in [0.5, 0.6) is 0 Å². The Kier molecular flexibility index (Phi) is 5.00. The first-order chi connectivity index (χ1) is 6.47. The molecule has 2 amide bonds. The maximum atomic E-state index is 10.5. The second kappa shape index (κ2) is 5.75. The highest BCUT2D eigenvalue weighted by molar-refractivity contribution is 5.82. The van der Waals surface area contributed by atoms with Crippen LogP contribution in [0.3, 0.4) is 0 Å². The van der Waals surface area contributed by atoms with Crippen molar-refractivity contribution in [2.45, 2.75) is 18.9 Å². The molecule has 80 valence electrons. The highest BCUT2D eigenvalue weighted by Gasteiger charge is 2.20. The average molecular weight is 206 g/mol. The van der Waals surface area contributed by atoms with Gasteiger partial charge in [-0.3, -0.25) is 10.0 Å². The maximum Gasteiger partial charge on any atom is 0.339 e. The molecule has 0 saturated heterocycles. The average Bonchev–Trinajstić information content (AvgIpc) is 2.10. The predicted octanol–water partition coefficient (Wildman–Crippen LogP) is -1.01. The van der Waals surface area contributed by atoms with Crippen LogP contribution in [0.25, 0.3) is 0 Å². The Balaban J connectivity index is 4.09. The third kappa shape index (κ3) is 4.93. The third-order valence-electron chi connectivity index (χ3n) is 1.35. The Morgan fingerprint density at radius 1 is 1.21 bits per heavy atom. The molecule has 0 saturated carbocycles. The van der Waals surface area contributed by atoms with Crippen molar-refractivity contribution in [3.8, 4) is 0 Å². The van der Waals surface area contributed by atoms with E-state index in [2.05, 4.69) is 0 Å². The molecular weight excluding hydrogens is 196 g/mol. The van der Waals surface area contributed by atoms with Gasteiger partial charge in [-0.15, -0.1) is 0 Å². The van der Waals surface area contributed by atoms with Crippen LogP contribution in [0.2, 0.25) is 0 Å². The molecule has 8 nitrogen and oxygen atoms in total. The van der Waals surface area contributed by atoms with Gasteiger partial charge < -0.3 is 15.5 Å². The van der Waals surface area contributed by atoms with Crippen LogP contribution in [-0.2, 0) is 9.59 Å². The normalized spacial score (nSPS) is 11.5. The summed E-state index contributed by atoms with van der Waals surface area (Å²) in [4.78, 5) is 31.0. The Bertz CT molecular complexity index is 240. The summed E-state index contributed by atoms with van der Waals surface area (Å²) in [5, 5.41) is 26.7. The van der Waals surface area contributed by atoms with Gasteiger partial charge in [-0.05, 0) is 6.42 Å². The summed E-state index contributed by atoms with van der Waals surface area (Å²) in [6.07, 6.45) is -0.638. The smallest absolute Gasteiger partial charge is 0.339 e. The molecule has 0 heterocycles. The van der Waals surface area contributed by atoms with Crippen LogP contribution in [0, 0.1) is 0 Å². The fraction of sp³-hybridized carbons (Fsp3) is 0.500. The van der Waals surface area contributed by atoms with Crippen LogP contribution < -0.4 is 10.8 Å². The molecule has 5 N–H and O–H groups in total. The van der Waals surface area contributed by atoms with Crippen LogP contribution >= 0.6 is 0 Å². The highest BCUT2D eigenvalue weighted by Crippen LogP contribution is 1.97. The molecule has 0 fully saturated rings. The zero-order valence-corrected chi connectivity index (χ0v) is 7.06. The molecule has 0 aromatic heterocycles. The number of carboxylic acid groups (broad SMARTS) is 2. The first-order valence-electron chi connectivity index (χ1n) is 3.62. The number of hydrogen-bond acceptors (Lipinski definition) is 4. The number of urea groups is 1. The summed E-state index contributed by atoms with van der Waals surface area (Å²) in [7, 11) is 0. The van der Waals surface area contributed by atoms with Crippen molar-refractivity contribution >= 4 is 18.0 Å². The monoisotopic (exact) mass is 206 g/mol. The van der Waals surface area contributed by atoms with E-state index in [1.54, 1.807) is 0 Å². The number of amides is 2. The quantitative estimate of drug-likeness (QED) is 0.289. The van der Waals surface area contributed by atoms with Crippen molar-refractivity contribution in [2.75, 3.05) is 0 Å². The van der Waals surface area contributed by atoms with E-state index in [0.29, 0.717) is 0 Å². The number of nitrogens with one attached hydrogen (secondary N) is 2. The van der Waals surface area contributed by atoms with E-state index < -0.39 is 24.0 Å². The Hall–Kier alpha value is -1.83. The van der Waals surface area contributed by atoms with Gasteiger partial charge in [0.15, 0.2) is 0 Å². The second-order valence-electron chi connectivity index (χ2n) is 2.41. The number of hydrogen-bond donors (Lipinski definition) is 5. The molecule has 0 aliphatic rings. The van der Waals surface area contributed by atoms with Gasteiger partial charge >= 0.3 is 18.0 Å². The van der Waals surface area contributed by atoms with E-state index >= 15 is 0 Å². The SMILES string of the molecule is O=C(O)CCC(NC(=O)NO)C(=O)O. The number of carbonyl (C=O) groups excluding carboxylic acids is 1. The van der Waals surface area contributed by atoms with Gasteiger partial charge in [-0.25, -0.2) is 15.1 Å². The largest absolute Gasteiger partial charge is 0.481 e. The van der Waals surface area contributed by atoms with E-state index in [4.69, 9.17) is 15.4 Å². The first kappa shape index (κ1) is 12.2. The van der Waals surface area contributed by atoms with Crippen molar-refractivity contribution in [3.63, 3.8) is 0 Å². The lowest BCUT2D eigenvalue weighted by molar-refractivity contribution is -0.140. The summed E-state index contributed by atoms with van der Waals surface area (Å²) in [6.45, 7) is 0. The Morgan fingerprint density at radius 3 is 2.14 bits per heavy atom. The van der Waals surface area contributed by atoms with Crippen molar-refractivity contribution in [3.05, 3.63) is 0 Å². The van der Waals surface area contributed by atoms with Gasteiger partial charge in [-0.1, -0.05) is 0 Å². The number of rotatable bonds is 5. The zero-order valence-electron chi connectivity index (χ0n) is 7.06. The van der Waals surface area contributed by atoms with Crippen LogP contribution in [0.15, 0.2) is 0 Å². The summed E-state index contributed by atoms with van der Waals surface area (Å²) in [5.41, 5.74) is 1.18. The standard InChI is InChI=1S/C6H10N2O6/c9-4(10)2-1-3(5(11)12)7-6(13)8-14/h3,14H,1-2H2,(H,9,10)(H,11,12)(H2,7,8,13). The zero-order chi connectivity index (χ0) is 11.1. The molecule has 1 atom stereocenters. The van der Waals surface area contributed by atoms with Gasteiger partial charge in [0.2, 0.25) is 0 Å². The van der Waals surface area contributed by atoms with E-state index in [-0.39, 0.29) is 12.8 Å². The molecule has 14 heavy (non-hydrogen) atoms. The maximum absolute atomic E-state index is 10.5. The Labute approximate surface area is 78.5 Å². The van der Waals surface area contributed by atoms with Crippen molar-refractivity contribution < 1.29 is 29.8 Å². The van der Waals surface area contributed by atoms with Gasteiger partial charge in [-0.2, -0.15) is 0 Å². The molecule has 0 radical (unpaired) electrons. The molecule has 0 bridgehead atoms. The lowest BCUT2D eigenvalue weighted by Crippen LogP contribution is -2.45. The molecule has 1 unspecified atom stereocenters. The minimum atomic E-state index is -1.37. The second-order valence-corrected chi connectivity index (χ2v) is 2.41. The van der Waals surface area contributed by atoms with Crippen molar-refractivity contribution in [1.82, 2.24) is 10.8 Å². The van der Waals surface area contributed by atoms with Gasteiger partial charge in [0.05, 0.1) is 0 Å². The van der Waals surface area contributed by atoms with E-state index in [1.165, 1.54) is 5.48 Å². The lowest BCUT2D eigenvalue weighted by atomic mass is 10.1.